The molecular formula is C22H28N4O3. The van der Waals surface area contributed by atoms with Gasteiger partial charge in [0.05, 0.1) is 18.8 Å². The number of nitrogens with zero attached hydrogens (tertiary/aromatic N) is 2. The van der Waals surface area contributed by atoms with Gasteiger partial charge < -0.3 is 20.6 Å². The maximum Gasteiger partial charge on any atom is 0.243 e. The molecule has 1 fully saturated rings. The lowest BCUT2D eigenvalue weighted by Crippen LogP contribution is -2.50. The minimum atomic E-state index is -0.233. The second kappa shape index (κ2) is 9.93. The summed E-state index contributed by atoms with van der Waals surface area (Å²) in [5, 5.41) is 15.5. The summed E-state index contributed by atoms with van der Waals surface area (Å²) < 4.78 is 0. The Kier molecular flexibility index (Phi) is 7.08. The predicted molar refractivity (Wildman–Crippen MR) is 114 cm³/mol. The Hall–Kier alpha value is -3.06. The highest BCUT2D eigenvalue weighted by Gasteiger charge is 2.20. The standard InChI is InChI=1S/C22H28N4O3/c1-2-17-7-3-4-8-18(17)24-21(28)15-23-22(29)16-25-11-13-26(14-12-25)19-9-5-6-10-20(19)27/h3-10,27H,2,11-16H2,1H3,(H,23,29)(H,24,28). The van der Waals surface area contributed by atoms with Crippen molar-refractivity contribution < 1.29 is 14.7 Å². The number of benzene rings is 2. The van der Waals surface area contributed by atoms with Crippen LogP contribution in [0.5, 0.6) is 5.75 Å². The zero-order chi connectivity index (χ0) is 20.6. The van der Waals surface area contributed by atoms with E-state index >= 15 is 0 Å². The second-order valence-corrected chi connectivity index (χ2v) is 7.09. The molecule has 0 spiro atoms. The maximum absolute atomic E-state index is 12.2. The Morgan fingerprint density at radius 1 is 0.966 bits per heavy atom. The number of piperazine rings is 1. The molecular weight excluding hydrogens is 368 g/mol. The fraction of sp³-hybridized carbons (Fsp3) is 0.364. The van der Waals surface area contributed by atoms with E-state index in [1.54, 1.807) is 12.1 Å². The molecule has 7 heteroatoms. The first-order valence-corrected chi connectivity index (χ1v) is 9.96. The normalized spacial score (nSPS) is 14.4. The van der Waals surface area contributed by atoms with Crippen LogP contribution in [0.1, 0.15) is 12.5 Å². The zero-order valence-electron chi connectivity index (χ0n) is 16.7. The summed E-state index contributed by atoms with van der Waals surface area (Å²) in [6, 6.07) is 14.9. The molecule has 7 nitrogen and oxygen atoms in total. The third-order valence-electron chi connectivity index (χ3n) is 5.08. The topological polar surface area (TPSA) is 84.9 Å². The monoisotopic (exact) mass is 396 g/mol. The SMILES string of the molecule is CCc1ccccc1NC(=O)CNC(=O)CN1CCN(c2ccccc2O)CC1. The molecule has 0 aliphatic carbocycles. The average molecular weight is 396 g/mol. The number of phenols is 1. The molecule has 1 saturated heterocycles. The van der Waals surface area contributed by atoms with Crippen LogP contribution in [0.2, 0.25) is 0 Å². The molecule has 0 radical (unpaired) electrons. The molecule has 0 atom stereocenters. The Labute approximate surface area is 171 Å². The van der Waals surface area contributed by atoms with Crippen molar-refractivity contribution >= 4 is 23.2 Å². The van der Waals surface area contributed by atoms with Crippen LogP contribution >= 0.6 is 0 Å². The van der Waals surface area contributed by atoms with Crippen LogP contribution in [-0.4, -0.2) is 61.1 Å². The van der Waals surface area contributed by atoms with Gasteiger partial charge in [0.2, 0.25) is 11.8 Å². The quantitative estimate of drug-likeness (QED) is 0.665. The molecule has 1 aliphatic rings. The first-order chi connectivity index (χ1) is 14.1. The summed E-state index contributed by atoms with van der Waals surface area (Å²) in [6.07, 6.45) is 0.829. The Morgan fingerprint density at radius 2 is 1.66 bits per heavy atom. The zero-order valence-corrected chi connectivity index (χ0v) is 16.7. The highest BCUT2D eigenvalue weighted by atomic mass is 16.3. The number of para-hydroxylation sites is 3. The minimum Gasteiger partial charge on any atom is -0.506 e. The Bertz CT molecular complexity index is 847. The predicted octanol–water partition coefficient (Wildman–Crippen LogP) is 1.83. The van der Waals surface area contributed by atoms with Gasteiger partial charge in [0.15, 0.2) is 0 Å². The van der Waals surface area contributed by atoms with Crippen molar-refractivity contribution in [3.8, 4) is 5.75 Å². The van der Waals surface area contributed by atoms with E-state index in [9.17, 15) is 14.7 Å². The minimum absolute atomic E-state index is 0.0469. The number of anilines is 2. The number of aromatic hydroxyl groups is 1. The van der Waals surface area contributed by atoms with Crippen molar-refractivity contribution in [2.24, 2.45) is 0 Å². The van der Waals surface area contributed by atoms with E-state index in [4.69, 9.17) is 0 Å². The van der Waals surface area contributed by atoms with Crippen molar-refractivity contribution in [1.29, 1.82) is 0 Å². The van der Waals surface area contributed by atoms with Crippen LogP contribution in [0.25, 0.3) is 0 Å². The molecule has 2 aromatic rings. The van der Waals surface area contributed by atoms with Crippen molar-refractivity contribution in [1.82, 2.24) is 10.2 Å². The van der Waals surface area contributed by atoms with Gasteiger partial charge in [0.25, 0.3) is 0 Å². The molecule has 0 saturated carbocycles. The number of nitrogens with one attached hydrogen (secondary N) is 2. The van der Waals surface area contributed by atoms with Crippen molar-refractivity contribution in [2.75, 3.05) is 49.5 Å². The number of hydrogen-bond acceptors (Lipinski definition) is 5. The van der Waals surface area contributed by atoms with Crippen molar-refractivity contribution in [3.05, 3.63) is 54.1 Å². The van der Waals surface area contributed by atoms with Gasteiger partial charge in [0, 0.05) is 31.9 Å². The third-order valence-corrected chi connectivity index (χ3v) is 5.08. The summed E-state index contributed by atoms with van der Waals surface area (Å²) in [5.74, 6) is -0.127. The van der Waals surface area contributed by atoms with E-state index in [2.05, 4.69) is 20.4 Å². The lowest BCUT2D eigenvalue weighted by Gasteiger charge is -2.35. The van der Waals surface area contributed by atoms with Crippen LogP contribution in [0, 0.1) is 0 Å². The van der Waals surface area contributed by atoms with Gasteiger partial charge in [0.1, 0.15) is 5.75 Å². The van der Waals surface area contributed by atoms with E-state index in [-0.39, 0.29) is 30.7 Å². The molecule has 154 valence electrons. The third kappa shape index (κ3) is 5.71. The van der Waals surface area contributed by atoms with Gasteiger partial charge >= 0.3 is 0 Å². The van der Waals surface area contributed by atoms with E-state index in [1.165, 1.54) is 0 Å². The molecule has 0 unspecified atom stereocenters. The number of phenolic OH excluding ortho intramolecular Hbond substituents is 1. The lowest BCUT2D eigenvalue weighted by molar-refractivity contribution is -0.125. The largest absolute Gasteiger partial charge is 0.506 e. The van der Waals surface area contributed by atoms with Gasteiger partial charge in [-0.3, -0.25) is 14.5 Å². The number of hydrogen-bond donors (Lipinski definition) is 3. The summed E-state index contributed by atoms with van der Waals surface area (Å²) in [4.78, 5) is 28.5. The van der Waals surface area contributed by atoms with Gasteiger partial charge in [-0.2, -0.15) is 0 Å². The van der Waals surface area contributed by atoms with Gasteiger partial charge in [-0.15, -0.1) is 0 Å². The van der Waals surface area contributed by atoms with Crippen molar-refractivity contribution in [2.45, 2.75) is 13.3 Å². The summed E-state index contributed by atoms with van der Waals surface area (Å²) in [6.45, 7) is 5.15. The number of carbonyl (C=O) groups is 2. The molecule has 1 aliphatic heterocycles. The van der Waals surface area contributed by atoms with E-state index in [0.29, 0.717) is 0 Å². The molecule has 0 bridgehead atoms. The molecule has 1 heterocycles. The Balaban J connectivity index is 1.40. The van der Waals surface area contributed by atoms with E-state index in [0.717, 1.165) is 49.5 Å². The second-order valence-electron chi connectivity index (χ2n) is 7.09. The first-order valence-electron chi connectivity index (χ1n) is 9.96. The molecule has 2 amide bonds. The number of rotatable bonds is 7. The lowest BCUT2D eigenvalue weighted by atomic mass is 10.1. The summed E-state index contributed by atoms with van der Waals surface area (Å²) in [5.41, 5.74) is 2.67. The number of aryl methyl sites for hydroxylation is 1. The molecule has 3 N–H and O–H groups in total. The van der Waals surface area contributed by atoms with Crippen LogP contribution in [0.4, 0.5) is 11.4 Å². The summed E-state index contributed by atoms with van der Waals surface area (Å²) >= 11 is 0. The highest BCUT2D eigenvalue weighted by Crippen LogP contribution is 2.27. The van der Waals surface area contributed by atoms with E-state index in [1.807, 2.05) is 43.3 Å². The fourth-order valence-corrected chi connectivity index (χ4v) is 3.46. The first kappa shape index (κ1) is 20.7. The smallest absolute Gasteiger partial charge is 0.243 e. The van der Waals surface area contributed by atoms with E-state index < -0.39 is 0 Å². The molecule has 2 aromatic carbocycles. The molecule has 0 aromatic heterocycles. The number of amides is 2. The van der Waals surface area contributed by atoms with Crippen LogP contribution < -0.4 is 15.5 Å². The van der Waals surface area contributed by atoms with Crippen molar-refractivity contribution in [3.63, 3.8) is 0 Å². The highest BCUT2D eigenvalue weighted by molar-refractivity contribution is 5.95. The van der Waals surface area contributed by atoms with Gasteiger partial charge in [-0.05, 0) is 30.2 Å². The average Bonchev–Trinajstić information content (AvgIpc) is 2.74. The van der Waals surface area contributed by atoms with Crippen LogP contribution in [0.3, 0.4) is 0 Å². The summed E-state index contributed by atoms with van der Waals surface area (Å²) in [7, 11) is 0. The molecule has 29 heavy (non-hydrogen) atoms. The van der Waals surface area contributed by atoms with Crippen LogP contribution in [-0.2, 0) is 16.0 Å². The fourth-order valence-electron chi connectivity index (χ4n) is 3.46. The van der Waals surface area contributed by atoms with Crippen LogP contribution in [0.15, 0.2) is 48.5 Å². The van der Waals surface area contributed by atoms with Gasteiger partial charge in [-0.1, -0.05) is 37.3 Å². The molecule has 3 rings (SSSR count). The Morgan fingerprint density at radius 3 is 2.38 bits per heavy atom. The number of carbonyl (C=O) groups excluding carboxylic acids is 2. The van der Waals surface area contributed by atoms with Gasteiger partial charge in [-0.25, -0.2) is 0 Å². The maximum atomic E-state index is 12.2.